The smallest absolute Gasteiger partial charge is 0.462 e. The maximum Gasteiger partial charge on any atom is 0.472 e. The molecule has 0 amide bonds. The highest BCUT2D eigenvalue weighted by atomic mass is 31.2. The van der Waals surface area contributed by atoms with Gasteiger partial charge in [0.05, 0.1) is 26.4 Å². The molecule has 0 aromatic rings. The molecular formula is C75H142O17P2. The molecule has 4 unspecified atom stereocenters. The summed E-state index contributed by atoms with van der Waals surface area (Å²) in [4.78, 5) is 72.7. The second-order valence-electron chi connectivity index (χ2n) is 27.5. The number of unbranched alkanes of at least 4 members (excludes halogenated alkanes) is 35. The van der Waals surface area contributed by atoms with Crippen molar-refractivity contribution in [2.75, 3.05) is 39.6 Å². The van der Waals surface area contributed by atoms with E-state index in [1.54, 1.807) is 0 Å². The van der Waals surface area contributed by atoms with E-state index < -0.39 is 97.5 Å². The molecule has 554 valence electrons. The molecule has 94 heavy (non-hydrogen) atoms. The Morgan fingerprint density at radius 3 is 0.947 bits per heavy atom. The Bertz CT molecular complexity index is 1930. The van der Waals surface area contributed by atoms with E-state index in [-0.39, 0.29) is 25.7 Å². The van der Waals surface area contributed by atoms with E-state index in [1.165, 1.54) is 148 Å². The van der Waals surface area contributed by atoms with E-state index in [0.717, 1.165) is 115 Å². The Balaban J connectivity index is 5.24. The topological polar surface area (TPSA) is 237 Å². The summed E-state index contributed by atoms with van der Waals surface area (Å²) in [7, 11) is -9.92. The van der Waals surface area contributed by atoms with Gasteiger partial charge in [0.25, 0.3) is 0 Å². The van der Waals surface area contributed by atoms with Gasteiger partial charge in [0.1, 0.15) is 19.3 Å². The van der Waals surface area contributed by atoms with Crippen LogP contribution in [0.5, 0.6) is 0 Å². The Labute approximate surface area is 573 Å². The molecule has 19 heteroatoms. The lowest BCUT2D eigenvalue weighted by molar-refractivity contribution is -0.161. The number of ether oxygens (including phenoxy) is 4. The molecule has 0 aliphatic heterocycles. The van der Waals surface area contributed by atoms with Crippen molar-refractivity contribution in [3.05, 3.63) is 24.3 Å². The molecule has 0 fully saturated rings. The summed E-state index contributed by atoms with van der Waals surface area (Å²) in [6, 6.07) is 0. The van der Waals surface area contributed by atoms with Crippen LogP contribution in [0.15, 0.2) is 24.3 Å². The van der Waals surface area contributed by atoms with Gasteiger partial charge in [0.2, 0.25) is 0 Å². The maximum atomic E-state index is 13.1. The first-order valence-electron chi connectivity index (χ1n) is 38.2. The van der Waals surface area contributed by atoms with Crippen molar-refractivity contribution < 1.29 is 80.2 Å². The van der Waals surface area contributed by atoms with Crippen LogP contribution in [0.3, 0.4) is 0 Å². The van der Waals surface area contributed by atoms with Crippen LogP contribution in [-0.2, 0) is 65.4 Å². The fourth-order valence-electron chi connectivity index (χ4n) is 10.9. The van der Waals surface area contributed by atoms with Gasteiger partial charge < -0.3 is 33.8 Å². The summed E-state index contributed by atoms with van der Waals surface area (Å²) in [6.07, 6.45) is 53.6. The number of allylic oxidation sites excluding steroid dienone is 4. The van der Waals surface area contributed by atoms with Crippen LogP contribution in [0, 0.1) is 17.8 Å². The number of aliphatic hydroxyl groups excluding tert-OH is 1. The third-order valence-electron chi connectivity index (χ3n) is 17.1. The highest BCUT2D eigenvalue weighted by Gasteiger charge is 2.30. The quantitative estimate of drug-likeness (QED) is 0.0169. The average molecular weight is 1380 g/mol. The fourth-order valence-corrected chi connectivity index (χ4v) is 12.4. The lowest BCUT2D eigenvalue weighted by Crippen LogP contribution is -2.30. The maximum absolute atomic E-state index is 13.1. The van der Waals surface area contributed by atoms with Crippen LogP contribution < -0.4 is 0 Å². The van der Waals surface area contributed by atoms with Gasteiger partial charge in [-0.1, -0.05) is 304 Å². The Hall–Kier alpha value is -2.46. The molecule has 0 bridgehead atoms. The number of phosphoric acid groups is 2. The Kier molecular flexibility index (Phi) is 63.5. The van der Waals surface area contributed by atoms with E-state index in [4.69, 9.17) is 37.0 Å². The van der Waals surface area contributed by atoms with Gasteiger partial charge in [-0.2, -0.15) is 0 Å². The molecule has 0 radical (unpaired) electrons. The van der Waals surface area contributed by atoms with Crippen molar-refractivity contribution in [2.45, 2.75) is 375 Å². The van der Waals surface area contributed by atoms with Crippen molar-refractivity contribution in [1.29, 1.82) is 0 Å². The van der Waals surface area contributed by atoms with Crippen LogP contribution in [-0.4, -0.2) is 96.7 Å². The van der Waals surface area contributed by atoms with E-state index in [9.17, 15) is 43.2 Å². The van der Waals surface area contributed by atoms with Gasteiger partial charge in [-0.3, -0.25) is 37.3 Å². The summed E-state index contributed by atoms with van der Waals surface area (Å²) in [5.41, 5.74) is 0. The van der Waals surface area contributed by atoms with Crippen molar-refractivity contribution in [3.63, 3.8) is 0 Å². The number of carbonyl (C=O) groups excluding carboxylic acids is 4. The second kappa shape index (κ2) is 65.2. The minimum Gasteiger partial charge on any atom is -0.462 e. The molecule has 6 atom stereocenters. The number of esters is 4. The van der Waals surface area contributed by atoms with Gasteiger partial charge in [0, 0.05) is 25.7 Å². The van der Waals surface area contributed by atoms with Crippen LogP contribution in [0.25, 0.3) is 0 Å². The first-order chi connectivity index (χ1) is 45.3. The average Bonchev–Trinajstić information content (AvgIpc) is 2.71. The largest absolute Gasteiger partial charge is 0.472 e. The van der Waals surface area contributed by atoms with Crippen LogP contribution in [0.4, 0.5) is 0 Å². The lowest BCUT2D eigenvalue weighted by atomic mass is 9.99. The molecule has 0 rings (SSSR count). The van der Waals surface area contributed by atoms with Crippen molar-refractivity contribution in [3.8, 4) is 0 Å². The highest BCUT2D eigenvalue weighted by molar-refractivity contribution is 7.47. The second-order valence-corrected chi connectivity index (χ2v) is 30.5. The van der Waals surface area contributed by atoms with E-state index in [2.05, 4.69) is 72.8 Å². The van der Waals surface area contributed by atoms with Crippen LogP contribution >= 0.6 is 15.6 Å². The molecule has 0 spiro atoms. The number of aliphatic hydroxyl groups is 1. The van der Waals surface area contributed by atoms with Gasteiger partial charge in [-0.15, -0.1) is 0 Å². The lowest BCUT2D eigenvalue weighted by Gasteiger charge is -2.21. The summed E-state index contributed by atoms with van der Waals surface area (Å²) < 4.78 is 68.4. The molecule has 0 aliphatic carbocycles. The molecule has 0 aromatic heterocycles. The van der Waals surface area contributed by atoms with Gasteiger partial charge in [-0.25, -0.2) is 9.13 Å². The molecule has 0 saturated heterocycles. The van der Waals surface area contributed by atoms with E-state index in [1.807, 2.05) is 0 Å². The highest BCUT2D eigenvalue weighted by Crippen LogP contribution is 2.45. The van der Waals surface area contributed by atoms with Gasteiger partial charge >= 0.3 is 39.5 Å². The molecule has 3 N–H and O–H groups in total. The third-order valence-corrected chi connectivity index (χ3v) is 19.0. The molecule has 17 nitrogen and oxygen atoms in total. The summed E-state index contributed by atoms with van der Waals surface area (Å²) in [6.45, 7) is 11.8. The number of hydrogen-bond acceptors (Lipinski definition) is 15. The van der Waals surface area contributed by atoms with Crippen molar-refractivity contribution >= 4 is 39.5 Å². The fraction of sp³-hybridized carbons (Fsp3) is 0.893. The normalized spacial score (nSPS) is 14.6. The minimum absolute atomic E-state index is 0.0839. The monoisotopic (exact) mass is 1380 g/mol. The Morgan fingerprint density at radius 2 is 0.628 bits per heavy atom. The third kappa shape index (κ3) is 66.8. The molecular weight excluding hydrogens is 1230 g/mol. The summed E-state index contributed by atoms with van der Waals surface area (Å²) in [5, 5.41) is 10.6. The van der Waals surface area contributed by atoms with Crippen LogP contribution in [0.1, 0.15) is 357 Å². The van der Waals surface area contributed by atoms with Gasteiger partial charge in [-0.05, 0) is 69.1 Å². The van der Waals surface area contributed by atoms with Crippen molar-refractivity contribution in [2.24, 2.45) is 17.8 Å². The number of phosphoric ester groups is 2. The first-order valence-corrected chi connectivity index (χ1v) is 41.2. The van der Waals surface area contributed by atoms with Gasteiger partial charge in [0.15, 0.2) is 12.2 Å². The summed E-state index contributed by atoms with van der Waals surface area (Å²) >= 11 is 0. The number of carbonyl (C=O) groups is 4. The zero-order chi connectivity index (χ0) is 69.4. The minimum atomic E-state index is -4.96. The molecule has 0 heterocycles. The Morgan fingerprint density at radius 1 is 0.351 bits per heavy atom. The summed E-state index contributed by atoms with van der Waals surface area (Å²) in [5.74, 6) is 0.114. The predicted molar refractivity (Wildman–Crippen MR) is 381 cm³/mol. The zero-order valence-electron chi connectivity index (χ0n) is 60.9. The predicted octanol–water partition coefficient (Wildman–Crippen LogP) is 21.3. The van der Waals surface area contributed by atoms with Crippen LogP contribution in [0.2, 0.25) is 0 Å². The number of hydrogen-bond donors (Lipinski definition) is 3. The number of rotatable bonds is 71. The standard InChI is InChI=1S/C75H142O17P2/c1-8-10-11-12-13-14-15-16-17-22-25-28-36-44-51-58-74(79)91-71(63-86-73(78)57-50-43-38-31-33-40-47-54-67(5)6)65-90-94(83,84)88-61-69(76)60-87-93(81,82)89-64-70(92-75(80)59-52-45-37-30-29-32-39-46-53-66(3)4)62-85-72(77)56-49-42-35-27-24-21-19-18-20-23-26-34-41-48-55-68(7)9-2/h14-17,66-71,76H,8-13,18-65H2,1-7H3,(H,81,82)(H,83,84)/b15-14-,17-16-/t68?,69?,70-,71-/m1/s1. The van der Waals surface area contributed by atoms with E-state index in [0.29, 0.717) is 37.5 Å². The SMILES string of the molecule is CCCCCC/C=C\C=C/CCCCCCCC(=O)O[C@H](COC(=O)CCCCCCCCCC(C)C)COP(=O)(O)OCC(O)COP(=O)(O)OC[C@@H](COC(=O)CCCCCCCCCCCCCCCCC(C)CC)OC(=O)CCCCCCCCCCC(C)C. The van der Waals surface area contributed by atoms with Crippen molar-refractivity contribution in [1.82, 2.24) is 0 Å². The zero-order valence-corrected chi connectivity index (χ0v) is 62.7. The first kappa shape index (κ1) is 91.5. The molecule has 0 aliphatic rings. The molecule has 0 saturated carbocycles. The van der Waals surface area contributed by atoms with E-state index >= 15 is 0 Å². The molecule has 0 aromatic carbocycles.